The summed E-state index contributed by atoms with van der Waals surface area (Å²) < 4.78 is 13.3. The second-order valence-corrected chi connectivity index (χ2v) is 11.9. The standard InChI is InChI=1S/C32H32N2O2S2/c1-23-33-26(22-37-23)21-36-28-12-8-24(9-13-28)20-30-29-6-2-3-7-31(29)38-32(30)25-10-14-27(15-11-25)35-19-18-34-16-4-5-17-34/h2-3,6-15,22H,4-5,16-21H2,1H3. The number of aromatic nitrogens is 1. The van der Waals surface area contributed by atoms with E-state index in [2.05, 4.69) is 88.1 Å². The van der Waals surface area contributed by atoms with E-state index in [0.29, 0.717) is 6.61 Å². The van der Waals surface area contributed by atoms with Gasteiger partial charge in [-0.1, -0.05) is 30.3 Å². The van der Waals surface area contributed by atoms with Gasteiger partial charge in [0.25, 0.3) is 0 Å². The number of rotatable bonds is 10. The third kappa shape index (κ3) is 5.93. The minimum absolute atomic E-state index is 0.501. The highest BCUT2D eigenvalue weighted by atomic mass is 32.1. The van der Waals surface area contributed by atoms with Crippen molar-refractivity contribution in [3.63, 3.8) is 0 Å². The van der Waals surface area contributed by atoms with Gasteiger partial charge in [-0.05, 0) is 104 Å². The molecule has 0 amide bonds. The third-order valence-electron chi connectivity index (χ3n) is 7.05. The molecule has 0 saturated carbocycles. The van der Waals surface area contributed by atoms with Crippen molar-refractivity contribution in [1.82, 2.24) is 9.88 Å². The topological polar surface area (TPSA) is 34.6 Å². The summed E-state index contributed by atoms with van der Waals surface area (Å²) in [6.07, 6.45) is 3.51. The summed E-state index contributed by atoms with van der Waals surface area (Å²) in [7, 11) is 0. The summed E-state index contributed by atoms with van der Waals surface area (Å²) in [5, 5.41) is 4.45. The Morgan fingerprint density at radius 2 is 1.61 bits per heavy atom. The summed E-state index contributed by atoms with van der Waals surface area (Å²) >= 11 is 3.52. The number of benzene rings is 3. The zero-order valence-corrected chi connectivity index (χ0v) is 23.3. The molecule has 2 aromatic heterocycles. The quantitative estimate of drug-likeness (QED) is 0.180. The number of aryl methyl sites for hydroxylation is 1. The number of ether oxygens (including phenoxy) is 2. The van der Waals surface area contributed by atoms with Gasteiger partial charge in [0.1, 0.15) is 24.7 Å². The Labute approximate surface area is 232 Å². The molecule has 194 valence electrons. The summed E-state index contributed by atoms with van der Waals surface area (Å²) in [5.41, 5.74) is 4.87. The number of nitrogens with zero attached hydrogens (tertiary/aromatic N) is 2. The Kier molecular flexibility index (Phi) is 7.72. The molecule has 3 heterocycles. The fourth-order valence-corrected chi connectivity index (χ4v) is 6.87. The van der Waals surface area contributed by atoms with Crippen LogP contribution in [0.3, 0.4) is 0 Å². The molecule has 0 aliphatic carbocycles. The molecule has 6 rings (SSSR count). The van der Waals surface area contributed by atoms with Gasteiger partial charge in [-0.25, -0.2) is 4.98 Å². The van der Waals surface area contributed by atoms with Crippen LogP contribution >= 0.6 is 22.7 Å². The van der Waals surface area contributed by atoms with E-state index in [1.54, 1.807) is 11.3 Å². The summed E-state index contributed by atoms with van der Waals surface area (Å²) in [6.45, 7) is 6.69. The van der Waals surface area contributed by atoms with E-state index in [-0.39, 0.29) is 0 Å². The Balaban J connectivity index is 1.16. The maximum absolute atomic E-state index is 6.05. The average molecular weight is 541 g/mol. The van der Waals surface area contributed by atoms with Crippen LogP contribution in [0.2, 0.25) is 0 Å². The maximum atomic E-state index is 6.05. The second kappa shape index (κ2) is 11.7. The van der Waals surface area contributed by atoms with E-state index in [4.69, 9.17) is 9.47 Å². The summed E-state index contributed by atoms with van der Waals surface area (Å²) in [6, 6.07) is 25.8. The molecule has 0 N–H and O–H groups in total. The maximum Gasteiger partial charge on any atom is 0.131 e. The first kappa shape index (κ1) is 25.1. The number of thiazole rings is 1. The molecule has 1 saturated heterocycles. The van der Waals surface area contributed by atoms with Crippen LogP contribution in [-0.4, -0.2) is 36.1 Å². The van der Waals surface area contributed by atoms with Gasteiger partial charge in [0, 0.05) is 21.5 Å². The summed E-state index contributed by atoms with van der Waals surface area (Å²) in [5.74, 6) is 1.81. The van der Waals surface area contributed by atoms with Crippen molar-refractivity contribution < 1.29 is 9.47 Å². The van der Waals surface area contributed by atoms with Crippen molar-refractivity contribution in [2.75, 3.05) is 26.2 Å². The minimum atomic E-state index is 0.501. The number of fused-ring (bicyclic) bond motifs is 1. The molecule has 4 nitrogen and oxygen atoms in total. The fourth-order valence-electron chi connectivity index (χ4n) is 5.05. The van der Waals surface area contributed by atoms with Gasteiger partial charge in [0.15, 0.2) is 0 Å². The van der Waals surface area contributed by atoms with E-state index in [1.807, 2.05) is 18.3 Å². The van der Waals surface area contributed by atoms with E-state index in [0.717, 1.165) is 41.8 Å². The van der Waals surface area contributed by atoms with Crippen LogP contribution in [0.5, 0.6) is 11.5 Å². The molecule has 3 aromatic carbocycles. The third-order valence-corrected chi connectivity index (χ3v) is 9.13. The van der Waals surface area contributed by atoms with Crippen molar-refractivity contribution in [3.8, 4) is 21.9 Å². The van der Waals surface area contributed by atoms with Crippen LogP contribution in [0.15, 0.2) is 78.2 Å². The predicted octanol–water partition coefficient (Wildman–Crippen LogP) is 7.98. The van der Waals surface area contributed by atoms with Crippen LogP contribution in [-0.2, 0) is 13.0 Å². The lowest BCUT2D eigenvalue weighted by Crippen LogP contribution is -2.25. The Bertz CT molecular complexity index is 1480. The highest BCUT2D eigenvalue weighted by Gasteiger charge is 2.15. The van der Waals surface area contributed by atoms with Gasteiger partial charge in [-0.3, -0.25) is 4.90 Å². The number of thiophene rings is 1. The van der Waals surface area contributed by atoms with Crippen molar-refractivity contribution in [3.05, 3.63) is 100 Å². The molecule has 1 aliphatic heterocycles. The SMILES string of the molecule is Cc1nc(COc2ccc(Cc3c(-c4ccc(OCCN5CCCC5)cc4)sc4ccccc34)cc2)cs1. The Hall–Kier alpha value is -3.19. The van der Waals surface area contributed by atoms with Crippen molar-refractivity contribution >= 4 is 32.8 Å². The molecule has 6 heteroatoms. The highest BCUT2D eigenvalue weighted by molar-refractivity contribution is 7.22. The predicted molar refractivity (Wildman–Crippen MR) is 159 cm³/mol. The van der Waals surface area contributed by atoms with Crippen LogP contribution in [0.25, 0.3) is 20.5 Å². The van der Waals surface area contributed by atoms with Crippen LogP contribution in [0.4, 0.5) is 0 Å². The van der Waals surface area contributed by atoms with Crippen LogP contribution < -0.4 is 9.47 Å². The lowest BCUT2D eigenvalue weighted by Gasteiger charge is -2.15. The van der Waals surface area contributed by atoms with Crippen LogP contribution in [0, 0.1) is 6.92 Å². The number of likely N-dealkylation sites (tertiary alicyclic amines) is 1. The van der Waals surface area contributed by atoms with Crippen molar-refractivity contribution in [2.24, 2.45) is 0 Å². The highest BCUT2D eigenvalue weighted by Crippen LogP contribution is 2.40. The molecule has 1 fully saturated rings. The molecule has 5 aromatic rings. The first-order valence-electron chi connectivity index (χ1n) is 13.3. The smallest absolute Gasteiger partial charge is 0.131 e. The molecular formula is C32H32N2O2S2. The van der Waals surface area contributed by atoms with E-state index < -0.39 is 0 Å². The molecule has 0 radical (unpaired) electrons. The van der Waals surface area contributed by atoms with Gasteiger partial charge >= 0.3 is 0 Å². The molecule has 0 bridgehead atoms. The molecule has 38 heavy (non-hydrogen) atoms. The lowest BCUT2D eigenvalue weighted by atomic mass is 9.99. The monoisotopic (exact) mass is 540 g/mol. The van der Waals surface area contributed by atoms with Crippen molar-refractivity contribution in [2.45, 2.75) is 32.8 Å². The van der Waals surface area contributed by atoms with E-state index >= 15 is 0 Å². The Morgan fingerprint density at radius 1 is 0.868 bits per heavy atom. The Morgan fingerprint density at radius 3 is 2.37 bits per heavy atom. The first-order chi connectivity index (χ1) is 18.7. The van der Waals surface area contributed by atoms with Gasteiger partial charge in [0.2, 0.25) is 0 Å². The molecule has 0 atom stereocenters. The zero-order valence-electron chi connectivity index (χ0n) is 21.7. The average Bonchev–Trinajstić information content (AvgIpc) is 3.70. The zero-order chi connectivity index (χ0) is 25.7. The molecule has 0 unspecified atom stereocenters. The normalized spacial score (nSPS) is 13.8. The first-order valence-corrected chi connectivity index (χ1v) is 15.0. The minimum Gasteiger partial charge on any atom is -0.492 e. The van der Waals surface area contributed by atoms with Gasteiger partial charge < -0.3 is 9.47 Å². The van der Waals surface area contributed by atoms with Crippen molar-refractivity contribution in [1.29, 1.82) is 0 Å². The fraction of sp³-hybridized carbons (Fsp3) is 0.281. The number of hydrogen-bond acceptors (Lipinski definition) is 6. The number of hydrogen-bond donors (Lipinski definition) is 0. The largest absolute Gasteiger partial charge is 0.492 e. The molecule has 1 aliphatic rings. The van der Waals surface area contributed by atoms with Gasteiger partial charge in [-0.2, -0.15) is 0 Å². The summed E-state index contributed by atoms with van der Waals surface area (Å²) in [4.78, 5) is 8.29. The second-order valence-electron chi connectivity index (χ2n) is 9.79. The lowest BCUT2D eigenvalue weighted by molar-refractivity contribution is 0.238. The van der Waals surface area contributed by atoms with E-state index in [1.165, 1.54) is 57.6 Å². The van der Waals surface area contributed by atoms with Gasteiger partial charge in [-0.15, -0.1) is 22.7 Å². The van der Waals surface area contributed by atoms with E-state index in [9.17, 15) is 0 Å². The molecule has 0 spiro atoms. The van der Waals surface area contributed by atoms with Crippen LogP contribution in [0.1, 0.15) is 34.7 Å². The molecular weight excluding hydrogens is 508 g/mol. The van der Waals surface area contributed by atoms with Gasteiger partial charge in [0.05, 0.1) is 10.7 Å².